The number of nitrogen functional groups attached to an aromatic ring is 1. The molecule has 3 heteroatoms. The number of halogens is 2. The van der Waals surface area contributed by atoms with E-state index < -0.39 is 0 Å². The summed E-state index contributed by atoms with van der Waals surface area (Å²) in [5.74, 6) is 0. The SMILES string of the molecule is Cc1ccc(N)cc1-c1cccc(Cl)c1Cl. The van der Waals surface area contributed by atoms with Crippen molar-refractivity contribution in [3.05, 3.63) is 52.0 Å². The highest BCUT2D eigenvalue weighted by Crippen LogP contribution is 2.35. The van der Waals surface area contributed by atoms with Gasteiger partial charge < -0.3 is 5.73 Å². The number of rotatable bonds is 1. The summed E-state index contributed by atoms with van der Waals surface area (Å²) in [4.78, 5) is 0. The molecular weight excluding hydrogens is 241 g/mol. The first-order valence-electron chi connectivity index (χ1n) is 4.90. The minimum atomic E-state index is 0.556. The molecule has 0 unspecified atom stereocenters. The van der Waals surface area contributed by atoms with Gasteiger partial charge in [0, 0.05) is 11.3 Å². The minimum absolute atomic E-state index is 0.556. The van der Waals surface area contributed by atoms with E-state index in [2.05, 4.69) is 0 Å². The van der Waals surface area contributed by atoms with E-state index in [0.717, 1.165) is 22.4 Å². The van der Waals surface area contributed by atoms with E-state index in [9.17, 15) is 0 Å². The molecule has 1 nitrogen and oxygen atoms in total. The summed E-state index contributed by atoms with van der Waals surface area (Å²) >= 11 is 12.2. The maximum absolute atomic E-state index is 6.18. The zero-order valence-electron chi connectivity index (χ0n) is 8.80. The summed E-state index contributed by atoms with van der Waals surface area (Å²) in [6, 6.07) is 11.4. The Balaban J connectivity index is 2.67. The summed E-state index contributed by atoms with van der Waals surface area (Å²) < 4.78 is 0. The fraction of sp³-hybridized carbons (Fsp3) is 0.0769. The van der Waals surface area contributed by atoms with E-state index in [-0.39, 0.29) is 0 Å². The van der Waals surface area contributed by atoms with Gasteiger partial charge in [0.1, 0.15) is 0 Å². The Hall–Kier alpha value is -1.18. The van der Waals surface area contributed by atoms with Crippen molar-refractivity contribution in [2.45, 2.75) is 6.92 Å². The van der Waals surface area contributed by atoms with Crippen LogP contribution in [-0.2, 0) is 0 Å². The molecule has 2 rings (SSSR count). The molecule has 0 aliphatic rings. The van der Waals surface area contributed by atoms with Crippen LogP contribution in [0.4, 0.5) is 5.69 Å². The van der Waals surface area contributed by atoms with Gasteiger partial charge in [-0.3, -0.25) is 0 Å². The first-order chi connectivity index (χ1) is 7.59. The number of nitrogens with two attached hydrogens (primary N) is 1. The smallest absolute Gasteiger partial charge is 0.0670 e. The van der Waals surface area contributed by atoms with E-state index >= 15 is 0 Å². The third kappa shape index (κ3) is 2.01. The van der Waals surface area contributed by atoms with Gasteiger partial charge in [-0.25, -0.2) is 0 Å². The highest BCUT2D eigenvalue weighted by Gasteiger charge is 2.09. The molecule has 0 fully saturated rings. The molecule has 0 bridgehead atoms. The Kier molecular flexibility index (Phi) is 3.08. The standard InChI is InChI=1S/C13H11Cl2N/c1-8-5-6-9(16)7-11(8)10-3-2-4-12(14)13(10)15/h2-7H,16H2,1H3. The Labute approximate surface area is 105 Å². The topological polar surface area (TPSA) is 26.0 Å². The molecule has 82 valence electrons. The lowest BCUT2D eigenvalue weighted by Gasteiger charge is -2.10. The van der Waals surface area contributed by atoms with E-state index in [1.54, 1.807) is 6.07 Å². The van der Waals surface area contributed by atoms with Crippen molar-refractivity contribution < 1.29 is 0 Å². The lowest BCUT2D eigenvalue weighted by atomic mass is 10.00. The van der Waals surface area contributed by atoms with Crippen LogP contribution in [0, 0.1) is 6.92 Å². The lowest BCUT2D eigenvalue weighted by Crippen LogP contribution is -1.89. The predicted octanol–water partition coefficient (Wildman–Crippen LogP) is 4.55. The third-order valence-corrected chi connectivity index (χ3v) is 3.32. The Morgan fingerprint density at radius 2 is 1.75 bits per heavy atom. The molecule has 16 heavy (non-hydrogen) atoms. The average Bonchev–Trinajstić information content (AvgIpc) is 2.26. The second-order valence-corrected chi connectivity index (χ2v) is 4.46. The molecule has 2 N–H and O–H groups in total. The second-order valence-electron chi connectivity index (χ2n) is 3.68. The molecular formula is C13H11Cl2N. The lowest BCUT2D eigenvalue weighted by molar-refractivity contribution is 1.46. The molecule has 0 saturated carbocycles. The Morgan fingerprint density at radius 3 is 2.50 bits per heavy atom. The van der Waals surface area contributed by atoms with Gasteiger partial charge in [0.15, 0.2) is 0 Å². The summed E-state index contributed by atoms with van der Waals surface area (Å²) in [6.45, 7) is 2.02. The van der Waals surface area contributed by atoms with Crippen LogP contribution in [0.15, 0.2) is 36.4 Å². The van der Waals surface area contributed by atoms with Crippen LogP contribution in [0.3, 0.4) is 0 Å². The average molecular weight is 252 g/mol. The van der Waals surface area contributed by atoms with Crippen molar-refractivity contribution in [2.75, 3.05) is 5.73 Å². The number of anilines is 1. The van der Waals surface area contributed by atoms with Gasteiger partial charge in [0.25, 0.3) is 0 Å². The zero-order valence-corrected chi connectivity index (χ0v) is 10.3. The van der Waals surface area contributed by atoms with Crippen LogP contribution >= 0.6 is 23.2 Å². The molecule has 0 saturated heterocycles. The van der Waals surface area contributed by atoms with Crippen LogP contribution in [0.1, 0.15) is 5.56 Å². The monoisotopic (exact) mass is 251 g/mol. The van der Waals surface area contributed by atoms with Crippen molar-refractivity contribution in [2.24, 2.45) is 0 Å². The first-order valence-corrected chi connectivity index (χ1v) is 5.65. The molecule has 2 aromatic rings. The van der Waals surface area contributed by atoms with Crippen molar-refractivity contribution in [1.29, 1.82) is 0 Å². The van der Waals surface area contributed by atoms with Crippen LogP contribution in [0.25, 0.3) is 11.1 Å². The molecule has 0 aromatic heterocycles. The van der Waals surface area contributed by atoms with Crippen LogP contribution in [0.5, 0.6) is 0 Å². The van der Waals surface area contributed by atoms with Crippen molar-refractivity contribution >= 4 is 28.9 Å². The van der Waals surface area contributed by atoms with Crippen LogP contribution in [0.2, 0.25) is 10.0 Å². The molecule has 0 atom stereocenters. The summed E-state index contributed by atoms with van der Waals surface area (Å²) in [6.07, 6.45) is 0. The molecule has 0 aliphatic carbocycles. The third-order valence-electron chi connectivity index (χ3n) is 2.50. The van der Waals surface area contributed by atoms with Crippen LogP contribution < -0.4 is 5.73 Å². The second kappa shape index (κ2) is 4.36. The molecule has 0 heterocycles. The van der Waals surface area contributed by atoms with E-state index in [1.165, 1.54) is 0 Å². The fourth-order valence-electron chi connectivity index (χ4n) is 1.64. The summed E-state index contributed by atoms with van der Waals surface area (Å²) in [5, 5.41) is 1.12. The van der Waals surface area contributed by atoms with E-state index in [1.807, 2.05) is 37.3 Å². The highest BCUT2D eigenvalue weighted by molar-refractivity contribution is 6.43. The Bertz CT molecular complexity index is 535. The molecule has 2 aromatic carbocycles. The summed E-state index contributed by atoms with van der Waals surface area (Å²) in [5.41, 5.74) is 9.56. The van der Waals surface area contributed by atoms with Gasteiger partial charge in [-0.15, -0.1) is 0 Å². The maximum atomic E-state index is 6.18. The van der Waals surface area contributed by atoms with Gasteiger partial charge >= 0.3 is 0 Å². The fourth-order valence-corrected chi connectivity index (χ4v) is 2.04. The van der Waals surface area contributed by atoms with E-state index in [4.69, 9.17) is 28.9 Å². The molecule has 0 amide bonds. The highest BCUT2D eigenvalue weighted by atomic mass is 35.5. The number of hydrogen-bond donors (Lipinski definition) is 1. The van der Waals surface area contributed by atoms with Crippen molar-refractivity contribution in [1.82, 2.24) is 0 Å². The van der Waals surface area contributed by atoms with Gasteiger partial charge in [-0.05, 0) is 36.2 Å². The number of benzene rings is 2. The van der Waals surface area contributed by atoms with Gasteiger partial charge in [0.2, 0.25) is 0 Å². The Morgan fingerprint density at radius 1 is 1.00 bits per heavy atom. The quantitative estimate of drug-likeness (QED) is 0.740. The van der Waals surface area contributed by atoms with Gasteiger partial charge in [0.05, 0.1) is 10.0 Å². The minimum Gasteiger partial charge on any atom is -0.399 e. The number of aryl methyl sites for hydroxylation is 1. The van der Waals surface area contributed by atoms with Crippen molar-refractivity contribution in [3.63, 3.8) is 0 Å². The van der Waals surface area contributed by atoms with Crippen molar-refractivity contribution in [3.8, 4) is 11.1 Å². The largest absolute Gasteiger partial charge is 0.399 e. The summed E-state index contributed by atoms with van der Waals surface area (Å²) in [7, 11) is 0. The predicted molar refractivity (Wildman–Crippen MR) is 71.0 cm³/mol. The van der Waals surface area contributed by atoms with E-state index in [0.29, 0.717) is 10.0 Å². The normalized spacial score (nSPS) is 10.4. The molecule has 0 spiro atoms. The number of hydrogen-bond acceptors (Lipinski definition) is 1. The van der Waals surface area contributed by atoms with Crippen LogP contribution in [-0.4, -0.2) is 0 Å². The molecule has 0 radical (unpaired) electrons. The molecule has 0 aliphatic heterocycles. The zero-order chi connectivity index (χ0) is 11.7. The first kappa shape index (κ1) is 11.3. The maximum Gasteiger partial charge on any atom is 0.0670 e. The van der Waals surface area contributed by atoms with Gasteiger partial charge in [-0.2, -0.15) is 0 Å². The van der Waals surface area contributed by atoms with Gasteiger partial charge in [-0.1, -0.05) is 41.4 Å².